The van der Waals surface area contributed by atoms with Gasteiger partial charge in [-0.05, 0) is 94.3 Å². The molecule has 0 aromatic heterocycles. The average molecular weight is 432 g/mol. The van der Waals surface area contributed by atoms with Gasteiger partial charge in [-0.15, -0.1) is 0 Å². The molecule has 5 heteroatoms. The number of para-hydroxylation sites is 1. The molecule has 1 fully saturated rings. The van der Waals surface area contributed by atoms with Gasteiger partial charge in [0.15, 0.2) is 5.17 Å². The Morgan fingerprint density at radius 3 is 2.58 bits per heavy atom. The number of benzene rings is 2. The first-order chi connectivity index (χ1) is 14.7. The van der Waals surface area contributed by atoms with E-state index in [1.165, 1.54) is 28.6 Å². The molecule has 1 N–H and O–H groups in total. The Hall–Kier alpha value is -2.79. The highest BCUT2D eigenvalue weighted by atomic mass is 32.2. The molecule has 0 spiro atoms. The fourth-order valence-corrected chi connectivity index (χ4v) is 5.37. The average Bonchev–Trinajstić information content (AvgIpc) is 3.02. The Morgan fingerprint density at radius 2 is 1.87 bits per heavy atom. The van der Waals surface area contributed by atoms with Gasteiger partial charge in [-0.25, -0.2) is 4.99 Å². The summed E-state index contributed by atoms with van der Waals surface area (Å²) in [6, 6.07) is 14.8. The number of allylic oxidation sites excluding steroid dienone is 1. The summed E-state index contributed by atoms with van der Waals surface area (Å²) in [4.78, 5) is 20.3. The quantitative estimate of drug-likeness (QED) is 0.580. The van der Waals surface area contributed by atoms with E-state index in [2.05, 4.69) is 74.1 Å². The Morgan fingerprint density at radius 1 is 1.13 bits per heavy atom. The topological polar surface area (TPSA) is 44.7 Å². The van der Waals surface area contributed by atoms with Gasteiger partial charge < -0.3 is 10.2 Å². The van der Waals surface area contributed by atoms with Crippen molar-refractivity contribution in [1.29, 1.82) is 0 Å². The Kier molecular flexibility index (Phi) is 5.56. The van der Waals surface area contributed by atoms with Crippen LogP contribution in [0.1, 0.15) is 51.3 Å². The van der Waals surface area contributed by atoms with Crippen LogP contribution in [0.5, 0.6) is 0 Å². The SMILES string of the molecule is CC1=CC(C)(C)N(C(C)C)c2ccc(/C=C3\SC(=Nc4ccccc4C)NC3=O)cc21. The molecule has 160 valence electrons. The van der Waals surface area contributed by atoms with Crippen molar-refractivity contribution in [1.82, 2.24) is 5.32 Å². The van der Waals surface area contributed by atoms with Crippen molar-refractivity contribution < 1.29 is 4.79 Å². The lowest BCUT2D eigenvalue weighted by Crippen LogP contribution is -2.49. The van der Waals surface area contributed by atoms with E-state index < -0.39 is 0 Å². The second-order valence-corrected chi connectivity index (χ2v) is 10.0. The van der Waals surface area contributed by atoms with E-state index in [1.54, 1.807) is 0 Å². The van der Waals surface area contributed by atoms with E-state index in [0.717, 1.165) is 16.8 Å². The molecule has 2 aliphatic rings. The summed E-state index contributed by atoms with van der Waals surface area (Å²) in [5, 5.41) is 3.51. The summed E-state index contributed by atoms with van der Waals surface area (Å²) in [5.41, 5.74) is 6.67. The van der Waals surface area contributed by atoms with Crippen molar-refractivity contribution in [2.45, 2.75) is 53.1 Å². The van der Waals surface area contributed by atoms with Crippen molar-refractivity contribution in [3.8, 4) is 0 Å². The molecule has 0 atom stereocenters. The number of aryl methyl sites for hydroxylation is 1. The normalized spacial score (nSPS) is 20.3. The molecule has 0 unspecified atom stereocenters. The zero-order valence-corrected chi connectivity index (χ0v) is 19.8. The molecule has 1 amide bonds. The summed E-state index contributed by atoms with van der Waals surface area (Å²) >= 11 is 1.39. The van der Waals surface area contributed by atoms with Crippen molar-refractivity contribution >= 4 is 45.9 Å². The predicted octanol–water partition coefficient (Wildman–Crippen LogP) is 6.30. The van der Waals surface area contributed by atoms with Crippen LogP contribution in [-0.2, 0) is 4.79 Å². The first kappa shape index (κ1) is 21.4. The number of amides is 1. The van der Waals surface area contributed by atoms with Crippen molar-refractivity contribution in [3.63, 3.8) is 0 Å². The minimum atomic E-state index is -0.104. The number of anilines is 1. The van der Waals surface area contributed by atoms with Crippen LogP contribution in [-0.4, -0.2) is 22.7 Å². The van der Waals surface area contributed by atoms with E-state index in [4.69, 9.17) is 0 Å². The number of carbonyl (C=O) groups excluding carboxylic acids is 1. The van der Waals surface area contributed by atoms with Gasteiger partial charge in [0.1, 0.15) is 0 Å². The highest BCUT2D eigenvalue weighted by molar-refractivity contribution is 8.18. The molecule has 0 saturated carbocycles. The van der Waals surface area contributed by atoms with E-state index in [9.17, 15) is 4.79 Å². The van der Waals surface area contributed by atoms with Gasteiger partial charge in [0.05, 0.1) is 16.1 Å². The van der Waals surface area contributed by atoms with Crippen molar-refractivity contribution in [2.75, 3.05) is 4.90 Å². The minimum Gasteiger partial charge on any atom is -0.360 e. The summed E-state index contributed by atoms with van der Waals surface area (Å²) in [6.07, 6.45) is 4.28. The van der Waals surface area contributed by atoms with Gasteiger partial charge in [-0.2, -0.15) is 0 Å². The number of nitrogens with zero attached hydrogens (tertiary/aromatic N) is 2. The lowest BCUT2D eigenvalue weighted by atomic mass is 9.87. The lowest BCUT2D eigenvalue weighted by Gasteiger charge is -2.46. The molecule has 4 rings (SSSR count). The molecular weight excluding hydrogens is 402 g/mol. The van der Waals surface area contributed by atoms with Gasteiger partial charge >= 0.3 is 0 Å². The van der Waals surface area contributed by atoms with E-state index in [-0.39, 0.29) is 11.4 Å². The number of nitrogens with one attached hydrogen (secondary N) is 1. The fourth-order valence-electron chi connectivity index (χ4n) is 4.53. The maximum absolute atomic E-state index is 12.5. The fraction of sp³-hybridized carbons (Fsp3) is 0.308. The van der Waals surface area contributed by atoms with Crippen LogP contribution in [0, 0.1) is 6.92 Å². The van der Waals surface area contributed by atoms with Crippen LogP contribution in [0.25, 0.3) is 11.6 Å². The number of rotatable bonds is 3. The van der Waals surface area contributed by atoms with Crippen LogP contribution in [0.15, 0.2) is 58.4 Å². The van der Waals surface area contributed by atoms with Gasteiger partial charge in [0.2, 0.25) is 0 Å². The minimum absolute atomic E-state index is 0.0344. The standard InChI is InChI=1S/C26H29N3OS/c1-16(2)29-22-12-11-19(13-20(22)18(4)15-26(29,5)6)14-23-24(30)28-25(31-23)27-21-10-8-7-9-17(21)3/h7-16H,1-6H3,(H,27,28,30)/b23-14-. The van der Waals surface area contributed by atoms with Crippen molar-refractivity contribution in [2.24, 2.45) is 4.99 Å². The van der Waals surface area contributed by atoms with Gasteiger partial charge in [0.25, 0.3) is 5.91 Å². The van der Waals surface area contributed by atoms with Crippen LogP contribution in [0.3, 0.4) is 0 Å². The Balaban J connectivity index is 1.65. The number of hydrogen-bond donors (Lipinski definition) is 1. The van der Waals surface area contributed by atoms with Gasteiger partial charge in [-0.3, -0.25) is 4.79 Å². The number of aliphatic imine (C=N–C) groups is 1. The zero-order valence-electron chi connectivity index (χ0n) is 19.0. The first-order valence-electron chi connectivity index (χ1n) is 10.6. The smallest absolute Gasteiger partial charge is 0.264 e. The van der Waals surface area contributed by atoms with E-state index in [1.807, 2.05) is 37.3 Å². The number of fused-ring (bicyclic) bond motifs is 1. The third-order valence-electron chi connectivity index (χ3n) is 5.70. The van der Waals surface area contributed by atoms with Crippen LogP contribution in [0.4, 0.5) is 11.4 Å². The maximum Gasteiger partial charge on any atom is 0.264 e. The molecule has 0 radical (unpaired) electrons. The third kappa shape index (κ3) is 4.19. The largest absolute Gasteiger partial charge is 0.360 e. The molecular formula is C26H29N3OS. The van der Waals surface area contributed by atoms with Crippen LogP contribution >= 0.6 is 11.8 Å². The molecule has 4 nitrogen and oxygen atoms in total. The Labute approximate surface area is 189 Å². The molecule has 2 heterocycles. The molecule has 2 aliphatic heterocycles. The van der Waals surface area contributed by atoms with Crippen molar-refractivity contribution in [3.05, 3.63) is 70.1 Å². The predicted molar refractivity (Wildman–Crippen MR) is 134 cm³/mol. The summed E-state index contributed by atoms with van der Waals surface area (Å²) < 4.78 is 0. The molecule has 0 bridgehead atoms. The molecule has 2 aromatic carbocycles. The molecule has 31 heavy (non-hydrogen) atoms. The maximum atomic E-state index is 12.5. The summed E-state index contributed by atoms with van der Waals surface area (Å²) in [5.74, 6) is -0.104. The molecule has 1 saturated heterocycles. The second-order valence-electron chi connectivity index (χ2n) is 8.99. The third-order valence-corrected chi connectivity index (χ3v) is 6.61. The Bertz CT molecular complexity index is 1140. The highest BCUT2D eigenvalue weighted by Gasteiger charge is 2.33. The van der Waals surface area contributed by atoms with Gasteiger partial charge in [-0.1, -0.05) is 30.3 Å². The number of amidine groups is 1. The van der Waals surface area contributed by atoms with E-state index >= 15 is 0 Å². The number of thioether (sulfide) groups is 1. The molecule has 0 aliphatic carbocycles. The molecule has 2 aromatic rings. The van der Waals surface area contributed by atoms with Crippen LogP contribution < -0.4 is 10.2 Å². The zero-order chi connectivity index (χ0) is 22.3. The monoisotopic (exact) mass is 431 g/mol. The lowest BCUT2D eigenvalue weighted by molar-refractivity contribution is -0.115. The summed E-state index contributed by atoms with van der Waals surface area (Å²) in [7, 11) is 0. The summed E-state index contributed by atoms with van der Waals surface area (Å²) in [6.45, 7) is 13.1. The number of hydrogen-bond acceptors (Lipinski definition) is 4. The van der Waals surface area contributed by atoms with Gasteiger partial charge in [0, 0.05) is 17.3 Å². The second kappa shape index (κ2) is 8.04. The van der Waals surface area contributed by atoms with Crippen LogP contribution in [0.2, 0.25) is 0 Å². The highest BCUT2D eigenvalue weighted by Crippen LogP contribution is 2.41. The number of carbonyl (C=O) groups is 1. The van der Waals surface area contributed by atoms with E-state index in [0.29, 0.717) is 16.1 Å². The first-order valence-corrected chi connectivity index (χ1v) is 11.5.